The van der Waals surface area contributed by atoms with E-state index >= 15 is 0 Å². The van der Waals surface area contributed by atoms with Crippen LogP contribution in [0.25, 0.3) is 0 Å². The molecule has 0 aliphatic rings. The monoisotopic (exact) mass is 262 g/mol. The van der Waals surface area contributed by atoms with E-state index in [0.29, 0.717) is 0 Å². The van der Waals surface area contributed by atoms with Gasteiger partial charge in [-0.3, -0.25) is 4.79 Å². The Morgan fingerprint density at radius 3 is 1.95 bits per heavy atom. The molecule has 0 radical (unpaired) electrons. The summed E-state index contributed by atoms with van der Waals surface area (Å²) in [5, 5.41) is 8.59. The predicted octanol–water partition coefficient (Wildman–Crippen LogP) is 4.61. The summed E-state index contributed by atoms with van der Waals surface area (Å²) in [5.74, 6) is -0.705. The Kier molecular flexibility index (Phi) is 7.95. The molecule has 2 nitrogen and oxygen atoms in total. The van der Waals surface area contributed by atoms with Gasteiger partial charge >= 0.3 is 5.97 Å². The first kappa shape index (κ1) is 15.7. The van der Waals surface area contributed by atoms with E-state index in [-0.39, 0.29) is 6.42 Å². The predicted molar refractivity (Wildman–Crippen MR) is 79.5 cm³/mol. The van der Waals surface area contributed by atoms with E-state index in [0.717, 1.165) is 12.8 Å². The van der Waals surface area contributed by atoms with Gasteiger partial charge in [0.2, 0.25) is 0 Å². The SMILES string of the molecule is CCCCCCCc1ccc(CCCC(=O)O)cc1. The third-order valence-electron chi connectivity index (χ3n) is 3.45. The van der Waals surface area contributed by atoms with Crippen LogP contribution in [0.5, 0.6) is 0 Å². The summed E-state index contributed by atoms with van der Waals surface area (Å²) >= 11 is 0. The second-order valence-electron chi connectivity index (χ2n) is 5.23. The van der Waals surface area contributed by atoms with Gasteiger partial charge in [0.05, 0.1) is 0 Å². The Labute approximate surface area is 116 Å². The first-order chi connectivity index (χ1) is 9.22. The molecule has 0 aromatic heterocycles. The van der Waals surface area contributed by atoms with E-state index in [1.165, 1.54) is 49.7 Å². The first-order valence-corrected chi connectivity index (χ1v) is 7.52. The highest BCUT2D eigenvalue weighted by molar-refractivity contribution is 5.66. The van der Waals surface area contributed by atoms with Crippen LogP contribution in [0.3, 0.4) is 0 Å². The van der Waals surface area contributed by atoms with Crippen molar-refractivity contribution >= 4 is 5.97 Å². The van der Waals surface area contributed by atoms with Gasteiger partial charge in [-0.25, -0.2) is 0 Å². The normalized spacial score (nSPS) is 10.6. The quantitative estimate of drug-likeness (QED) is 0.625. The number of unbranched alkanes of at least 4 members (excludes halogenated alkanes) is 4. The Balaban J connectivity index is 2.21. The number of carboxylic acids is 1. The average molecular weight is 262 g/mol. The van der Waals surface area contributed by atoms with Crippen molar-refractivity contribution in [2.75, 3.05) is 0 Å². The molecule has 106 valence electrons. The zero-order valence-corrected chi connectivity index (χ0v) is 12.0. The molecule has 0 aliphatic carbocycles. The second-order valence-corrected chi connectivity index (χ2v) is 5.23. The number of rotatable bonds is 10. The van der Waals surface area contributed by atoms with Crippen molar-refractivity contribution in [2.45, 2.75) is 64.7 Å². The first-order valence-electron chi connectivity index (χ1n) is 7.52. The lowest BCUT2D eigenvalue weighted by Gasteiger charge is -2.04. The van der Waals surface area contributed by atoms with Crippen molar-refractivity contribution < 1.29 is 9.90 Å². The van der Waals surface area contributed by atoms with Crippen LogP contribution >= 0.6 is 0 Å². The van der Waals surface area contributed by atoms with Gasteiger partial charge < -0.3 is 5.11 Å². The van der Waals surface area contributed by atoms with Gasteiger partial charge in [-0.1, -0.05) is 56.9 Å². The number of carbonyl (C=O) groups is 1. The van der Waals surface area contributed by atoms with Crippen LogP contribution in [-0.2, 0) is 17.6 Å². The summed E-state index contributed by atoms with van der Waals surface area (Å²) in [7, 11) is 0. The van der Waals surface area contributed by atoms with Gasteiger partial charge in [0, 0.05) is 6.42 Å². The lowest BCUT2D eigenvalue weighted by molar-refractivity contribution is -0.137. The summed E-state index contributed by atoms with van der Waals surface area (Å²) in [6, 6.07) is 8.66. The molecule has 0 amide bonds. The number of hydrogen-bond acceptors (Lipinski definition) is 1. The number of hydrogen-bond donors (Lipinski definition) is 1. The molecule has 2 heteroatoms. The standard InChI is InChI=1S/C17H26O2/c1-2-3-4-5-6-8-15-11-13-16(14-12-15)9-7-10-17(18)19/h11-14H,2-10H2,1H3,(H,18,19). The molecular formula is C17H26O2. The third-order valence-corrected chi connectivity index (χ3v) is 3.45. The van der Waals surface area contributed by atoms with Crippen molar-refractivity contribution in [2.24, 2.45) is 0 Å². The average Bonchev–Trinajstić information content (AvgIpc) is 2.40. The maximum atomic E-state index is 10.4. The van der Waals surface area contributed by atoms with Crippen LogP contribution in [0.2, 0.25) is 0 Å². The van der Waals surface area contributed by atoms with E-state index in [1.54, 1.807) is 0 Å². The highest BCUT2D eigenvalue weighted by Gasteiger charge is 1.99. The summed E-state index contributed by atoms with van der Waals surface area (Å²) in [5.41, 5.74) is 2.65. The van der Waals surface area contributed by atoms with Crippen LogP contribution < -0.4 is 0 Å². The van der Waals surface area contributed by atoms with Crippen LogP contribution in [0.1, 0.15) is 63.0 Å². The molecule has 0 bridgehead atoms. The fourth-order valence-corrected chi connectivity index (χ4v) is 2.25. The minimum Gasteiger partial charge on any atom is -0.481 e. The molecule has 0 atom stereocenters. The Morgan fingerprint density at radius 1 is 0.895 bits per heavy atom. The van der Waals surface area contributed by atoms with E-state index in [9.17, 15) is 4.79 Å². The van der Waals surface area contributed by atoms with E-state index in [2.05, 4.69) is 31.2 Å². The Bertz CT molecular complexity index is 354. The molecule has 0 spiro atoms. The largest absolute Gasteiger partial charge is 0.481 e. The highest BCUT2D eigenvalue weighted by Crippen LogP contribution is 2.12. The molecule has 1 aromatic rings. The molecule has 0 aliphatic heterocycles. The van der Waals surface area contributed by atoms with E-state index in [1.807, 2.05) is 0 Å². The van der Waals surface area contributed by atoms with Gasteiger partial charge in [0.25, 0.3) is 0 Å². The molecule has 19 heavy (non-hydrogen) atoms. The number of carboxylic acid groups (broad SMARTS) is 1. The van der Waals surface area contributed by atoms with Crippen molar-refractivity contribution in [3.05, 3.63) is 35.4 Å². The van der Waals surface area contributed by atoms with Gasteiger partial charge in [0.1, 0.15) is 0 Å². The summed E-state index contributed by atoms with van der Waals surface area (Å²) in [6.45, 7) is 2.24. The van der Waals surface area contributed by atoms with Gasteiger partial charge in [-0.05, 0) is 36.8 Å². The molecule has 0 heterocycles. The summed E-state index contributed by atoms with van der Waals surface area (Å²) < 4.78 is 0. The molecule has 0 unspecified atom stereocenters. The lowest BCUT2D eigenvalue weighted by Crippen LogP contribution is -1.96. The minimum absolute atomic E-state index is 0.263. The molecule has 0 saturated carbocycles. The van der Waals surface area contributed by atoms with Crippen molar-refractivity contribution in [3.8, 4) is 0 Å². The zero-order valence-electron chi connectivity index (χ0n) is 12.0. The van der Waals surface area contributed by atoms with Crippen molar-refractivity contribution in [1.82, 2.24) is 0 Å². The second kappa shape index (κ2) is 9.60. The minimum atomic E-state index is -0.705. The molecule has 0 saturated heterocycles. The van der Waals surface area contributed by atoms with Crippen LogP contribution in [-0.4, -0.2) is 11.1 Å². The third kappa shape index (κ3) is 7.66. The van der Waals surface area contributed by atoms with Crippen molar-refractivity contribution in [3.63, 3.8) is 0 Å². The lowest BCUT2D eigenvalue weighted by atomic mass is 10.0. The number of aryl methyl sites for hydroxylation is 2. The van der Waals surface area contributed by atoms with Gasteiger partial charge in [0.15, 0.2) is 0 Å². The Hall–Kier alpha value is -1.31. The summed E-state index contributed by atoms with van der Waals surface area (Å²) in [4.78, 5) is 10.4. The van der Waals surface area contributed by atoms with Crippen LogP contribution in [0, 0.1) is 0 Å². The van der Waals surface area contributed by atoms with Crippen LogP contribution in [0.15, 0.2) is 24.3 Å². The topological polar surface area (TPSA) is 37.3 Å². The zero-order chi connectivity index (χ0) is 13.9. The van der Waals surface area contributed by atoms with E-state index < -0.39 is 5.97 Å². The van der Waals surface area contributed by atoms with Gasteiger partial charge in [-0.2, -0.15) is 0 Å². The fraction of sp³-hybridized carbons (Fsp3) is 0.588. The molecule has 1 N–H and O–H groups in total. The fourth-order valence-electron chi connectivity index (χ4n) is 2.25. The van der Waals surface area contributed by atoms with Gasteiger partial charge in [-0.15, -0.1) is 0 Å². The van der Waals surface area contributed by atoms with E-state index in [4.69, 9.17) is 5.11 Å². The molecule has 0 fully saturated rings. The number of benzene rings is 1. The Morgan fingerprint density at radius 2 is 1.42 bits per heavy atom. The molecule has 1 rings (SSSR count). The molecular weight excluding hydrogens is 236 g/mol. The maximum absolute atomic E-state index is 10.4. The number of aliphatic carboxylic acids is 1. The smallest absolute Gasteiger partial charge is 0.303 e. The van der Waals surface area contributed by atoms with Crippen LogP contribution in [0.4, 0.5) is 0 Å². The van der Waals surface area contributed by atoms with Crippen molar-refractivity contribution in [1.29, 1.82) is 0 Å². The maximum Gasteiger partial charge on any atom is 0.303 e. The molecule has 1 aromatic carbocycles. The highest BCUT2D eigenvalue weighted by atomic mass is 16.4. The summed E-state index contributed by atoms with van der Waals surface area (Å²) in [6.07, 6.45) is 9.62.